The predicted molar refractivity (Wildman–Crippen MR) is 73.7 cm³/mol. The molecule has 0 amide bonds. The molecule has 2 heterocycles. The van der Waals surface area contributed by atoms with Crippen molar-refractivity contribution in [1.29, 1.82) is 0 Å². The summed E-state index contributed by atoms with van der Waals surface area (Å²) in [6.07, 6.45) is 1.76. The minimum atomic E-state index is 0.00683. The molecule has 1 aliphatic heterocycles. The Balaban J connectivity index is 1.77. The van der Waals surface area contributed by atoms with Crippen LogP contribution in [0.15, 0.2) is 42.6 Å². The molecule has 0 saturated heterocycles. The summed E-state index contributed by atoms with van der Waals surface area (Å²) in [5.74, 6) is 2.49. The number of ether oxygens (including phenoxy) is 2. The Kier molecular flexibility index (Phi) is 3.23. The smallest absolute Gasteiger partial charge is 0.168 e. The van der Waals surface area contributed by atoms with Gasteiger partial charge in [-0.15, -0.1) is 0 Å². The lowest BCUT2D eigenvalue weighted by molar-refractivity contribution is 0.209. The van der Waals surface area contributed by atoms with E-state index in [0.717, 1.165) is 29.4 Å². The van der Waals surface area contributed by atoms with E-state index in [-0.39, 0.29) is 6.10 Å². The molecule has 0 spiro atoms. The van der Waals surface area contributed by atoms with Gasteiger partial charge in [-0.25, -0.2) is 4.98 Å². The van der Waals surface area contributed by atoms with Crippen LogP contribution in [0.5, 0.6) is 11.5 Å². The van der Waals surface area contributed by atoms with Gasteiger partial charge in [-0.3, -0.25) is 0 Å². The van der Waals surface area contributed by atoms with Gasteiger partial charge in [0.05, 0.1) is 13.2 Å². The summed E-state index contributed by atoms with van der Waals surface area (Å²) in [7, 11) is 0. The molecule has 1 unspecified atom stereocenters. The van der Waals surface area contributed by atoms with Crippen molar-refractivity contribution in [3.8, 4) is 11.5 Å². The molecule has 1 aromatic heterocycles. The maximum atomic E-state index is 5.95. The van der Waals surface area contributed by atoms with Crippen molar-refractivity contribution in [3.05, 3.63) is 48.2 Å². The van der Waals surface area contributed by atoms with E-state index in [1.54, 1.807) is 6.20 Å². The van der Waals surface area contributed by atoms with E-state index >= 15 is 0 Å². The maximum absolute atomic E-state index is 5.95. The van der Waals surface area contributed by atoms with Crippen molar-refractivity contribution in [2.24, 2.45) is 0 Å². The van der Waals surface area contributed by atoms with Crippen molar-refractivity contribution < 1.29 is 9.47 Å². The molecule has 4 nitrogen and oxygen atoms in total. The molecule has 1 aliphatic rings. The van der Waals surface area contributed by atoms with Gasteiger partial charge >= 0.3 is 0 Å². The standard InChI is InChI=1S/C15H16N2O2/c1-2-18-12-7-5-11(6-8-12)14-10-17-15-13(19-14)4-3-9-16-15/h3-9,14H,2,10H2,1H3,(H,16,17). The molecule has 1 atom stereocenters. The molecule has 2 aromatic rings. The first kappa shape index (κ1) is 11.8. The number of hydrogen-bond donors (Lipinski definition) is 1. The van der Waals surface area contributed by atoms with E-state index in [2.05, 4.69) is 10.3 Å². The highest BCUT2D eigenvalue weighted by atomic mass is 16.5. The molecule has 0 fully saturated rings. The number of hydrogen-bond acceptors (Lipinski definition) is 4. The molecule has 1 N–H and O–H groups in total. The average molecular weight is 256 g/mol. The maximum Gasteiger partial charge on any atom is 0.168 e. The Labute approximate surface area is 112 Å². The van der Waals surface area contributed by atoms with Crippen LogP contribution in [-0.2, 0) is 0 Å². The summed E-state index contributed by atoms with van der Waals surface area (Å²) in [5, 5.41) is 3.28. The van der Waals surface area contributed by atoms with E-state index in [9.17, 15) is 0 Å². The Morgan fingerprint density at radius 3 is 2.95 bits per heavy atom. The van der Waals surface area contributed by atoms with Gasteiger partial charge in [-0.1, -0.05) is 12.1 Å². The van der Waals surface area contributed by atoms with Crippen molar-refractivity contribution in [3.63, 3.8) is 0 Å². The van der Waals surface area contributed by atoms with Crippen molar-refractivity contribution in [2.45, 2.75) is 13.0 Å². The molecule has 1 aromatic carbocycles. The summed E-state index contributed by atoms with van der Waals surface area (Å²) >= 11 is 0. The van der Waals surface area contributed by atoms with Gasteiger partial charge in [0.2, 0.25) is 0 Å². The van der Waals surface area contributed by atoms with Crippen LogP contribution in [0.3, 0.4) is 0 Å². The monoisotopic (exact) mass is 256 g/mol. The van der Waals surface area contributed by atoms with Crippen LogP contribution in [0.25, 0.3) is 0 Å². The summed E-state index contributed by atoms with van der Waals surface area (Å²) in [6.45, 7) is 3.38. The third kappa shape index (κ3) is 2.47. The number of nitrogens with one attached hydrogen (secondary N) is 1. The van der Waals surface area contributed by atoms with Crippen molar-refractivity contribution >= 4 is 5.82 Å². The molecule has 4 heteroatoms. The lowest BCUT2D eigenvalue weighted by atomic mass is 10.1. The quantitative estimate of drug-likeness (QED) is 0.916. The van der Waals surface area contributed by atoms with E-state index in [4.69, 9.17) is 9.47 Å². The van der Waals surface area contributed by atoms with Crippen LogP contribution in [0.1, 0.15) is 18.6 Å². The highest BCUT2D eigenvalue weighted by Gasteiger charge is 2.21. The normalized spacial score (nSPS) is 17.0. The first-order valence-corrected chi connectivity index (χ1v) is 6.45. The molecule has 0 saturated carbocycles. The summed E-state index contributed by atoms with van der Waals surface area (Å²) in [6, 6.07) is 11.8. The van der Waals surface area contributed by atoms with E-state index < -0.39 is 0 Å². The van der Waals surface area contributed by atoms with E-state index in [0.29, 0.717) is 6.61 Å². The second-order valence-electron chi connectivity index (χ2n) is 4.34. The van der Waals surface area contributed by atoms with Crippen LogP contribution >= 0.6 is 0 Å². The van der Waals surface area contributed by atoms with Crippen LogP contribution < -0.4 is 14.8 Å². The summed E-state index contributed by atoms with van der Waals surface area (Å²) in [4.78, 5) is 4.23. The molecule has 3 rings (SSSR count). The fraction of sp³-hybridized carbons (Fsp3) is 0.267. The minimum absolute atomic E-state index is 0.00683. The molecular formula is C15H16N2O2. The number of fused-ring (bicyclic) bond motifs is 1. The largest absolute Gasteiger partial charge is 0.494 e. The highest BCUT2D eigenvalue weighted by Crippen LogP contribution is 2.32. The topological polar surface area (TPSA) is 43.4 Å². The molecule has 0 bridgehead atoms. The molecule has 19 heavy (non-hydrogen) atoms. The molecule has 0 aliphatic carbocycles. The predicted octanol–water partition coefficient (Wildman–Crippen LogP) is 3.03. The summed E-state index contributed by atoms with van der Waals surface area (Å²) in [5.41, 5.74) is 1.13. The molecule has 0 radical (unpaired) electrons. The minimum Gasteiger partial charge on any atom is -0.494 e. The third-order valence-corrected chi connectivity index (χ3v) is 3.06. The first-order valence-electron chi connectivity index (χ1n) is 6.45. The van der Waals surface area contributed by atoms with Gasteiger partial charge in [0, 0.05) is 6.20 Å². The van der Waals surface area contributed by atoms with Crippen LogP contribution in [0, 0.1) is 0 Å². The Hall–Kier alpha value is -2.23. The Morgan fingerprint density at radius 2 is 2.16 bits per heavy atom. The number of anilines is 1. The van der Waals surface area contributed by atoms with Gasteiger partial charge in [0.1, 0.15) is 11.9 Å². The zero-order chi connectivity index (χ0) is 13.1. The number of rotatable bonds is 3. The first-order chi connectivity index (χ1) is 9.36. The number of nitrogens with zero attached hydrogens (tertiary/aromatic N) is 1. The van der Waals surface area contributed by atoms with Crippen molar-refractivity contribution in [2.75, 3.05) is 18.5 Å². The second-order valence-corrected chi connectivity index (χ2v) is 4.34. The zero-order valence-corrected chi connectivity index (χ0v) is 10.8. The highest BCUT2D eigenvalue weighted by molar-refractivity contribution is 5.52. The zero-order valence-electron chi connectivity index (χ0n) is 10.8. The lowest BCUT2D eigenvalue weighted by Crippen LogP contribution is -2.24. The van der Waals surface area contributed by atoms with Gasteiger partial charge in [0.15, 0.2) is 11.6 Å². The third-order valence-electron chi connectivity index (χ3n) is 3.06. The fourth-order valence-electron chi connectivity index (χ4n) is 2.13. The molecule has 98 valence electrons. The number of benzene rings is 1. The lowest BCUT2D eigenvalue weighted by Gasteiger charge is -2.26. The van der Waals surface area contributed by atoms with E-state index in [1.165, 1.54) is 0 Å². The number of aromatic nitrogens is 1. The van der Waals surface area contributed by atoms with Gasteiger partial charge in [-0.05, 0) is 36.8 Å². The Morgan fingerprint density at radius 1 is 1.32 bits per heavy atom. The van der Waals surface area contributed by atoms with Gasteiger partial charge < -0.3 is 14.8 Å². The molecular weight excluding hydrogens is 240 g/mol. The van der Waals surface area contributed by atoms with E-state index in [1.807, 2.05) is 43.3 Å². The SMILES string of the molecule is CCOc1ccc(C2CNc3ncccc3O2)cc1. The average Bonchev–Trinajstić information content (AvgIpc) is 2.48. The van der Waals surface area contributed by atoms with Crippen LogP contribution in [-0.4, -0.2) is 18.1 Å². The van der Waals surface area contributed by atoms with Crippen LogP contribution in [0.2, 0.25) is 0 Å². The second kappa shape index (κ2) is 5.18. The fourth-order valence-corrected chi connectivity index (χ4v) is 2.13. The van der Waals surface area contributed by atoms with Gasteiger partial charge in [-0.2, -0.15) is 0 Å². The Bertz CT molecular complexity index is 554. The number of pyridine rings is 1. The van der Waals surface area contributed by atoms with Crippen molar-refractivity contribution in [1.82, 2.24) is 4.98 Å². The van der Waals surface area contributed by atoms with Crippen LogP contribution in [0.4, 0.5) is 5.82 Å². The summed E-state index contributed by atoms with van der Waals surface area (Å²) < 4.78 is 11.4. The van der Waals surface area contributed by atoms with Gasteiger partial charge in [0.25, 0.3) is 0 Å².